The van der Waals surface area contributed by atoms with Gasteiger partial charge in [0.25, 0.3) is 0 Å². The molecule has 146 valence electrons. The molecule has 7 heteroatoms. The predicted molar refractivity (Wildman–Crippen MR) is 104 cm³/mol. The van der Waals surface area contributed by atoms with Gasteiger partial charge in [-0.1, -0.05) is 0 Å². The highest BCUT2D eigenvalue weighted by Crippen LogP contribution is 2.46. The van der Waals surface area contributed by atoms with E-state index < -0.39 is 0 Å². The summed E-state index contributed by atoms with van der Waals surface area (Å²) in [6.07, 6.45) is 0.976. The van der Waals surface area contributed by atoms with Crippen molar-refractivity contribution in [2.24, 2.45) is 0 Å². The first-order valence-corrected chi connectivity index (χ1v) is 8.58. The Kier molecular flexibility index (Phi) is 5.58. The number of hydrogen-bond acceptors (Lipinski definition) is 6. The van der Waals surface area contributed by atoms with E-state index >= 15 is 0 Å². The highest BCUT2D eigenvalue weighted by atomic mass is 35.5. The van der Waals surface area contributed by atoms with Crippen LogP contribution in [0.1, 0.15) is 22.7 Å². The third-order valence-electron chi connectivity index (χ3n) is 5.11. The van der Waals surface area contributed by atoms with Crippen LogP contribution in [0.5, 0.6) is 28.7 Å². The molecule has 2 aromatic rings. The van der Waals surface area contributed by atoms with Crippen molar-refractivity contribution >= 4 is 12.4 Å². The van der Waals surface area contributed by atoms with Crippen LogP contribution in [0, 0.1) is 0 Å². The van der Waals surface area contributed by atoms with E-state index in [2.05, 4.69) is 24.1 Å². The molecule has 2 aliphatic rings. The van der Waals surface area contributed by atoms with Gasteiger partial charge in [-0.25, -0.2) is 0 Å². The van der Waals surface area contributed by atoms with E-state index in [4.69, 9.17) is 23.7 Å². The van der Waals surface area contributed by atoms with E-state index in [1.54, 1.807) is 21.3 Å². The fourth-order valence-corrected chi connectivity index (χ4v) is 3.83. The zero-order valence-electron chi connectivity index (χ0n) is 15.9. The van der Waals surface area contributed by atoms with Crippen LogP contribution in [0.4, 0.5) is 0 Å². The second-order valence-electron chi connectivity index (χ2n) is 6.50. The molecule has 2 aliphatic heterocycles. The SMILES string of the molecule is COc1cc(C2c3cc4c(cc3CCN2C)OCO4)cc(OC)c1OC.Cl. The Morgan fingerprint density at radius 1 is 0.926 bits per heavy atom. The lowest BCUT2D eigenvalue weighted by atomic mass is 9.88. The number of ether oxygens (including phenoxy) is 5. The molecule has 0 amide bonds. The monoisotopic (exact) mass is 393 g/mol. The fraction of sp³-hybridized carbons (Fsp3) is 0.400. The molecule has 0 fully saturated rings. The van der Waals surface area contributed by atoms with Crippen molar-refractivity contribution in [1.82, 2.24) is 4.90 Å². The third kappa shape index (κ3) is 3.24. The summed E-state index contributed by atoms with van der Waals surface area (Å²) in [5.74, 6) is 3.54. The van der Waals surface area contributed by atoms with Gasteiger partial charge in [0.2, 0.25) is 12.5 Å². The van der Waals surface area contributed by atoms with Gasteiger partial charge in [0.05, 0.1) is 27.4 Å². The minimum atomic E-state index is 0. The molecule has 1 unspecified atom stereocenters. The molecule has 0 N–H and O–H groups in total. The molecule has 0 saturated heterocycles. The molecule has 0 spiro atoms. The van der Waals surface area contributed by atoms with Gasteiger partial charge in [-0.05, 0) is 54.4 Å². The van der Waals surface area contributed by atoms with Crippen LogP contribution in [0.3, 0.4) is 0 Å². The van der Waals surface area contributed by atoms with Crippen LogP contribution in [0.25, 0.3) is 0 Å². The summed E-state index contributed by atoms with van der Waals surface area (Å²) >= 11 is 0. The van der Waals surface area contributed by atoms with E-state index in [0.717, 1.165) is 30.0 Å². The first-order valence-electron chi connectivity index (χ1n) is 8.58. The molecule has 1 atom stereocenters. The number of benzene rings is 2. The number of nitrogens with zero attached hydrogens (tertiary/aromatic N) is 1. The Balaban J connectivity index is 0.00000210. The molecular weight excluding hydrogens is 370 g/mol. The van der Waals surface area contributed by atoms with Gasteiger partial charge in [0.15, 0.2) is 23.0 Å². The number of hydrogen-bond donors (Lipinski definition) is 0. The van der Waals surface area contributed by atoms with Crippen LogP contribution >= 0.6 is 12.4 Å². The second kappa shape index (κ2) is 7.74. The van der Waals surface area contributed by atoms with Crippen molar-refractivity contribution in [1.29, 1.82) is 0 Å². The Hall–Kier alpha value is -2.31. The fourth-order valence-electron chi connectivity index (χ4n) is 3.83. The maximum Gasteiger partial charge on any atom is 0.231 e. The van der Waals surface area contributed by atoms with Gasteiger partial charge in [0.1, 0.15) is 0 Å². The van der Waals surface area contributed by atoms with Crippen molar-refractivity contribution in [3.05, 3.63) is 41.0 Å². The molecule has 2 heterocycles. The highest BCUT2D eigenvalue weighted by molar-refractivity contribution is 5.85. The number of fused-ring (bicyclic) bond motifs is 2. The van der Waals surface area contributed by atoms with Gasteiger partial charge in [-0.3, -0.25) is 4.90 Å². The molecule has 6 nitrogen and oxygen atoms in total. The Bertz CT molecular complexity index is 816. The Morgan fingerprint density at radius 2 is 1.56 bits per heavy atom. The van der Waals surface area contributed by atoms with Gasteiger partial charge in [0, 0.05) is 6.54 Å². The van der Waals surface area contributed by atoms with Crippen LogP contribution < -0.4 is 23.7 Å². The zero-order valence-corrected chi connectivity index (χ0v) is 16.7. The summed E-state index contributed by atoms with van der Waals surface area (Å²) in [7, 11) is 7.01. The highest BCUT2D eigenvalue weighted by Gasteiger charge is 2.31. The molecular formula is C20H24ClNO5. The number of methoxy groups -OCH3 is 3. The van der Waals surface area contributed by atoms with E-state index in [9.17, 15) is 0 Å². The lowest BCUT2D eigenvalue weighted by Gasteiger charge is -2.35. The lowest BCUT2D eigenvalue weighted by Crippen LogP contribution is -2.32. The molecule has 2 aromatic carbocycles. The lowest BCUT2D eigenvalue weighted by molar-refractivity contribution is 0.174. The average Bonchev–Trinajstić information content (AvgIpc) is 3.12. The van der Waals surface area contributed by atoms with Crippen LogP contribution in [-0.2, 0) is 6.42 Å². The van der Waals surface area contributed by atoms with E-state index in [-0.39, 0.29) is 25.2 Å². The summed E-state index contributed by atoms with van der Waals surface area (Å²) in [6.45, 7) is 1.23. The standard InChI is InChI=1S/C20H23NO5.ClH/c1-21-6-5-12-7-15-16(26-11-25-15)10-14(12)19(21)13-8-17(22-2)20(24-4)18(9-13)23-3;/h7-10,19H,5-6,11H2,1-4H3;1H. The predicted octanol–water partition coefficient (Wildman–Crippen LogP) is 3.44. The average molecular weight is 394 g/mol. The van der Waals surface area contributed by atoms with Crippen molar-refractivity contribution in [2.45, 2.75) is 12.5 Å². The van der Waals surface area contributed by atoms with Gasteiger partial charge in [-0.2, -0.15) is 0 Å². The van der Waals surface area contributed by atoms with Crippen molar-refractivity contribution in [3.8, 4) is 28.7 Å². The Labute approximate surface area is 165 Å². The van der Waals surface area contributed by atoms with Crippen LogP contribution in [-0.4, -0.2) is 46.6 Å². The topological polar surface area (TPSA) is 49.4 Å². The zero-order chi connectivity index (χ0) is 18.3. The van der Waals surface area contributed by atoms with E-state index in [1.165, 1.54) is 11.1 Å². The summed E-state index contributed by atoms with van der Waals surface area (Å²) in [4.78, 5) is 2.32. The van der Waals surface area contributed by atoms with Crippen LogP contribution in [0.2, 0.25) is 0 Å². The number of halogens is 1. The largest absolute Gasteiger partial charge is 0.493 e. The second-order valence-corrected chi connectivity index (χ2v) is 6.50. The molecule has 0 aliphatic carbocycles. The van der Waals surface area contributed by atoms with Gasteiger partial charge in [-0.15, -0.1) is 12.4 Å². The minimum Gasteiger partial charge on any atom is -0.493 e. The van der Waals surface area contributed by atoms with E-state index in [0.29, 0.717) is 17.2 Å². The number of rotatable bonds is 4. The first kappa shape index (κ1) is 19.5. The maximum atomic E-state index is 5.60. The maximum absolute atomic E-state index is 5.60. The molecule has 0 aromatic heterocycles. The smallest absolute Gasteiger partial charge is 0.231 e. The van der Waals surface area contributed by atoms with Gasteiger partial charge < -0.3 is 23.7 Å². The van der Waals surface area contributed by atoms with Crippen molar-refractivity contribution in [3.63, 3.8) is 0 Å². The minimum absolute atomic E-state index is 0. The quantitative estimate of drug-likeness (QED) is 0.793. The van der Waals surface area contributed by atoms with Crippen LogP contribution in [0.15, 0.2) is 24.3 Å². The summed E-state index contributed by atoms with van der Waals surface area (Å²) in [5, 5.41) is 0. The normalized spacial score (nSPS) is 17.7. The van der Waals surface area contributed by atoms with Gasteiger partial charge >= 0.3 is 0 Å². The van der Waals surface area contributed by atoms with Crippen molar-refractivity contribution in [2.75, 3.05) is 41.7 Å². The molecule has 27 heavy (non-hydrogen) atoms. The first-order chi connectivity index (χ1) is 12.7. The summed E-state index contributed by atoms with van der Waals surface area (Å²) in [5.41, 5.74) is 3.59. The molecule has 0 bridgehead atoms. The Morgan fingerprint density at radius 3 is 2.15 bits per heavy atom. The van der Waals surface area contributed by atoms with E-state index in [1.807, 2.05) is 12.1 Å². The number of likely N-dealkylation sites (N-methyl/N-ethyl adjacent to an activating group) is 1. The van der Waals surface area contributed by atoms with Crippen molar-refractivity contribution < 1.29 is 23.7 Å². The summed E-state index contributed by atoms with van der Waals surface area (Å²) < 4.78 is 27.7. The third-order valence-corrected chi connectivity index (χ3v) is 5.11. The molecule has 0 saturated carbocycles. The summed E-state index contributed by atoms with van der Waals surface area (Å²) in [6, 6.07) is 8.31. The molecule has 4 rings (SSSR count). The molecule has 0 radical (unpaired) electrons.